The number of rotatable bonds is 13. The zero-order valence-corrected chi connectivity index (χ0v) is 25.3. The van der Waals surface area contributed by atoms with Crippen LogP contribution in [0.3, 0.4) is 0 Å². The maximum atomic E-state index is 14.0. The number of carbonyl (C=O) groups is 2. The summed E-state index contributed by atoms with van der Waals surface area (Å²) in [6.07, 6.45) is 0.785. The van der Waals surface area contributed by atoms with Gasteiger partial charge < -0.3 is 29.2 Å². The van der Waals surface area contributed by atoms with Crippen LogP contribution in [0.15, 0.2) is 60.7 Å². The highest BCUT2D eigenvalue weighted by atomic mass is 16.5. The number of ether oxygens (including phenoxy) is 4. The first kappa shape index (κ1) is 30.7. The van der Waals surface area contributed by atoms with Gasteiger partial charge in [0.2, 0.25) is 5.91 Å². The fourth-order valence-electron chi connectivity index (χ4n) is 5.60. The molecule has 0 aromatic heterocycles. The van der Waals surface area contributed by atoms with Crippen molar-refractivity contribution < 1.29 is 28.5 Å². The number of amides is 2. The van der Waals surface area contributed by atoms with E-state index in [2.05, 4.69) is 29.3 Å². The number of likely N-dealkylation sites (N-methyl/N-ethyl adjacent to an activating group) is 1. The molecule has 1 heterocycles. The molecule has 9 nitrogen and oxygen atoms in total. The highest BCUT2D eigenvalue weighted by Gasteiger charge is 2.43. The van der Waals surface area contributed by atoms with Gasteiger partial charge in [-0.2, -0.15) is 0 Å². The minimum absolute atomic E-state index is 0.172. The molecule has 2 unspecified atom stereocenters. The predicted octanol–water partition coefficient (Wildman–Crippen LogP) is 4.66. The van der Waals surface area contributed by atoms with Gasteiger partial charge >= 0.3 is 0 Å². The first-order valence-corrected chi connectivity index (χ1v) is 14.2. The van der Waals surface area contributed by atoms with Gasteiger partial charge in [-0.05, 0) is 53.9 Å². The average Bonchev–Trinajstić information content (AvgIpc) is 3.03. The van der Waals surface area contributed by atoms with E-state index in [0.717, 1.165) is 31.6 Å². The molecule has 0 saturated heterocycles. The monoisotopic (exact) mass is 575 g/mol. The van der Waals surface area contributed by atoms with E-state index in [1.807, 2.05) is 30.3 Å². The molecule has 9 heteroatoms. The van der Waals surface area contributed by atoms with Crippen molar-refractivity contribution in [3.63, 3.8) is 0 Å². The number of hydrogen-bond donors (Lipinski definition) is 1. The summed E-state index contributed by atoms with van der Waals surface area (Å²) in [5.41, 5.74) is 3.01. The van der Waals surface area contributed by atoms with Gasteiger partial charge in [0.25, 0.3) is 5.91 Å². The summed E-state index contributed by atoms with van der Waals surface area (Å²) >= 11 is 0. The zero-order valence-electron chi connectivity index (χ0n) is 25.3. The van der Waals surface area contributed by atoms with Crippen molar-refractivity contribution in [2.75, 3.05) is 55.1 Å². The van der Waals surface area contributed by atoms with E-state index >= 15 is 0 Å². The third-order valence-corrected chi connectivity index (χ3v) is 7.85. The molecule has 1 aliphatic rings. The van der Waals surface area contributed by atoms with Crippen molar-refractivity contribution in [1.82, 2.24) is 15.1 Å². The molecule has 0 saturated carbocycles. The molecule has 3 aromatic rings. The van der Waals surface area contributed by atoms with E-state index in [9.17, 15) is 9.59 Å². The first-order chi connectivity index (χ1) is 20.4. The Morgan fingerprint density at radius 2 is 1.52 bits per heavy atom. The van der Waals surface area contributed by atoms with Crippen molar-refractivity contribution >= 4 is 11.8 Å². The minimum Gasteiger partial charge on any atom is -0.493 e. The van der Waals surface area contributed by atoms with Crippen LogP contribution in [0, 0.1) is 0 Å². The van der Waals surface area contributed by atoms with Crippen LogP contribution in [0.2, 0.25) is 0 Å². The van der Waals surface area contributed by atoms with E-state index in [1.54, 1.807) is 44.4 Å². The van der Waals surface area contributed by atoms with E-state index in [4.69, 9.17) is 18.9 Å². The third kappa shape index (κ3) is 6.46. The van der Waals surface area contributed by atoms with Gasteiger partial charge in [-0.25, -0.2) is 0 Å². The molecular formula is C33H41N3O6. The van der Waals surface area contributed by atoms with E-state index in [1.165, 1.54) is 19.8 Å². The first-order valence-electron chi connectivity index (χ1n) is 14.2. The molecule has 0 spiro atoms. The summed E-state index contributed by atoms with van der Waals surface area (Å²) in [6, 6.07) is 18.7. The predicted molar refractivity (Wildman–Crippen MR) is 162 cm³/mol. The Labute approximate surface area is 248 Å². The number of nitrogens with zero attached hydrogens (tertiary/aromatic N) is 2. The number of fused-ring (bicyclic) bond motifs is 1. The van der Waals surface area contributed by atoms with Crippen molar-refractivity contribution in [3.05, 3.63) is 82.9 Å². The van der Waals surface area contributed by atoms with Crippen LogP contribution < -0.4 is 24.3 Å². The van der Waals surface area contributed by atoms with Gasteiger partial charge in [0.15, 0.2) is 23.0 Å². The lowest BCUT2D eigenvalue weighted by molar-refractivity contribution is -0.124. The molecule has 2 amide bonds. The van der Waals surface area contributed by atoms with Crippen LogP contribution in [-0.2, 0) is 11.3 Å². The van der Waals surface area contributed by atoms with Crippen molar-refractivity contribution in [1.29, 1.82) is 0 Å². The van der Waals surface area contributed by atoms with Gasteiger partial charge in [-0.1, -0.05) is 43.3 Å². The molecule has 0 aliphatic carbocycles. The average molecular weight is 576 g/mol. The Hall–Kier alpha value is -4.24. The number of methoxy groups -OCH3 is 4. The second-order valence-corrected chi connectivity index (χ2v) is 10.2. The Morgan fingerprint density at radius 3 is 2.17 bits per heavy atom. The van der Waals surface area contributed by atoms with Crippen LogP contribution in [-0.4, -0.2) is 76.7 Å². The largest absolute Gasteiger partial charge is 0.493 e. The molecule has 0 fully saturated rings. The SMILES string of the molecule is CCN(CCCNC(=O)C1c2cc(OC)c(OC)cc2C(=O)N(C)C1c1ccc(OC)c(OC)c1)Cc1ccccc1. The normalized spacial score (nSPS) is 16.2. The second kappa shape index (κ2) is 14.1. The lowest BCUT2D eigenvalue weighted by Gasteiger charge is -2.40. The molecule has 2 atom stereocenters. The van der Waals surface area contributed by atoms with Crippen molar-refractivity contribution in [2.24, 2.45) is 0 Å². The standard InChI is InChI=1S/C33H41N3O6/c1-7-36(21-22-12-9-8-10-13-22)17-11-16-34-32(37)30-24-19-28(41-5)29(42-6)20-25(24)33(38)35(2)31(30)23-14-15-26(39-3)27(18-23)40-4/h8-10,12-15,18-20,30-31H,7,11,16-17,21H2,1-6H3,(H,34,37). The number of benzene rings is 3. The minimum atomic E-state index is -0.702. The summed E-state index contributed by atoms with van der Waals surface area (Å²) in [5, 5.41) is 3.16. The Morgan fingerprint density at radius 1 is 0.881 bits per heavy atom. The summed E-state index contributed by atoms with van der Waals surface area (Å²) in [4.78, 5) is 31.7. The molecule has 4 rings (SSSR count). The molecule has 224 valence electrons. The molecule has 1 N–H and O–H groups in total. The maximum absolute atomic E-state index is 14.0. The third-order valence-electron chi connectivity index (χ3n) is 7.85. The molecule has 0 radical (unpaired) electrons. The van der Waals surface area contributed by atoms with Crippen LogP contribution in [0.5, 0.6) is 23.0 Å². The summed E-state index contributed by atoms with van der Waals surface area (Å²) < 4.78 is 22.0. The lowest BCUT2D eigenvalue weighted by Crippen LogP contribution is -2.46. The van der Waals surface area contributed by atoms with Crippen LogP contribution >= 0.6 is 0 Å². The van der Waals surface area contributed by atoms with E-state index in [0.29, 0.717) is 40.7 Å². The Kier molecular flexibility index (Phi) is 10.3. The lowest BCUT2D eigenvalue weighted by atomic mass is 9.79. The van der Waals surface area contributed by atoms with Crippen LogP contribution in [0.4, 0.5) is 0 Å². The zero-order chi connectivity index (χ0) is 30.2. The topological polar surface area (TPSA) is 89.6 Å². The van der Waals surface area contributed by atoms with Gasteiger partial charge in [-0.3, -0.25) is 14.5 Å². The number of nitrogens with one attached hydrogen (secondary N) is 1. The highest BCUT2D eigenvalue weighted by molar-refractivity contribution is 6.02. The van der Waals surface area contributed by atoms with E-state index < -0.39 is 12.0 Å². The molecular weight excluding hydrogens is 534 g/mol. The fraction of sp³-hybridized carbons (Fsp3) is 0.394. The smallest absolute Gasteiger partial charge is 0.254 e. The number of carbonyl (C=O) groups excluding carboxylic acids is 2. The van der Waals surface area contributed by atoms with Gasteiger partial charge in [-0.15, -0.1) is 0 Å². The van der Waals surface area contributed by atoms with E-state index in [-0.39, 0.29) is 11.8 Å². The molecule has 1 aliphatic heterocycles. The highest BCUT2D eigenvalue weighted by Crippen LogP contribution is 2.46. The van der Waals surface area contributed by atoms with Crippen LogP contribution in [0.25, 0.3) is 0 Å². The second-order valence-electron chi connectivity index (χ2n) is 10.2. The van der Waals surface area contributed by atoms with Crippen LogP contribution in [0.1, 0.15) is 52.4 Å². The summed E-state index contributed by atoms with van der Waals surface area (Å²) in [6.45, 7) is 5.25. The number of hydrogen-bond acceptors (Lipinski definition) is 7. The van der Waals surface area contributed by atoms with Crippen molar-refractivity contribution in [2.45, 2.75) is 31.8 Å². The van der Waals surface area contributed by atoms with Gasteiger partial charge in [0.05, 0.1) is 40.4 Å². The molecule has 0 bridgehead atoms. The van der Waals surface area contributed by atoms with Gasteiger partial charge in [0.1, 0.15) is 0 Å². The summed E-state index contributed by atoms with van der Waals surface area (Å²) in [7, 11) is 7.91. The fourth-order valence-corrected chi connectivity index (χ4v) is 5.60. The quantitative estimate of drug-likeness (QED) is 0.297. The Bertz CT molecular complexity index is 1380. The maximum Gasteiger partial charge on any atom is 0.254 e. The van der Waals surface area contributed by atoms with Gasteiger partial charge in [0, 0.05) is 32.2 Å². The molecule has 3 aromatic carbocycles. The van der Waals surface area contributed by atoms with Crippen molar-refractivity contribution in [3.8, 4) is 23.0 Å². The summed E-state index contributed by atoms with van der Waals surface area (Å²) in [5.74, 6) is 0.882. The molecule has 42 heavy (non-hydrogen) atoms. The Balaban J connectivity index is 1.62.